The van der Waals surface area contributed by atoms with E-state index in [0.717, 1.165) is 90.6 Å². The first-order valence-electron chi connectivity index (χ1n) is 20.5. The highest BCUT2D eigenvalue weighted by Crippen LogP contribution is 2.43. The van der Waals surface area contributed by atoms with Crippen LogP contribution in [0.5, 0.6) is 11.5 Å². The maximum absolute atomic E-state index is 12.1. The van der Waals surface area contributed by atoms with Crippen LogP contribution in [0.15, 0.2) is 96.1 Å². The molecule has 0 unspecified atom stereocenters. The molecule has 2 saturated heterocycles. The normalized spacial score (nSPS) is 16.8. The average molecular weight is 874 g/mol. The smallest absolute Gasteiger partial charge is 0.312 e. The Hall–Kier alpha value is -4.31. The second-order valence-corrected chi connectivity index (χ2v) is 18.1. The molecular weight excluding hydrogens is 819 g/mol. The first-order chi connectivity index (χ1) is 28.2. The first kappa shape index (κ1) is 45.2. The van der Waals surface area contributed by atoms with E-state index in [9.17, 15) is 14.7 Å². The van der Waals surface area contributed by atoms with Gasteiger partial charge in [-0.3, -0.25) is 9.59 Å². The fraction of sp³-hybridized carbons (Fsp3) is 0.388. The van der Waals surface area contributed by atoms with Gasteiger partial charge in [0.25, 0.3) is 0 Å². The number of esters is 1. The Morgan fingerprint density at radius 1 is 0.633 bits per heavy atom. The van der Waals surface area contributed by atoms with Crippen molar-refractivity contribution < 1.29 is 28.9 Å². The number of hydrogen-bond donors (Lipinski definition) is 1. The number of carbonyl (C=O) groups is 2. The molecule has 11 heteroatoms. The summed E-state index contributed by atoms with van der Waals surface area (Å²) in [7, 11) is 1.46. The third-order valence-corrected chi connectivity index (χ3v) is 12.4. The van der Waals surface area contributed by atoms with Crippen LogP contribution in [0.4, 0.5) is 0 Å². The zero-order chi connectivity index (χ0) is 41.9. The van der Waals surface area contributed by atoms with Gasteiger partial charge in [0.05, 0.1) is 17.9 Å². The number of rotatable bonds is 6. The number of aliphatic carboxylic acids is 1. The number of fused-ring (bicyclic) bond motifs is 4. The van der Waals surface area contributed by atoms with Crippen LogP contribution in [-0.2, 0) is 27.5 Å². The molecule has 4 aliphatic heterocycles. The largest absolute Gasteiger partial charge is 0.488 e. The summed E-state index contributed by atoms with van der Waals surface area (Å²) < 4.78 is 17.2. The van der Waals surface area contributed by atoms with Crippen molar-refractivity contribution in [1.82, 2.24) is 9.80 Å². The molecule has 1 N–H and O–H groups in total. The van der Waals surface area contributed by atoms with Crippen molar-refractivity contribution in [1.29, 1.82) is 0 Å². The van der Waals surface area contributed by atoms with E-state index in [1.807, 2.05) is 68.4 Å². The van der Waals surface area contributed by atoms with Gasteiger partial charge in [0.2, 0.25) is 0 Å². The monoisotopic (exact) mass is 872 g/mol. The highest BCUT2D eigenvalue weighted by molar-refractivity contribution is 6.31. The third kappa shape index (κ3) is 10.1. The van der Waals surface area contributed by atoms with Gasteiger partial charge in [0, 0.05) is 60.4 Å². The first-order valence-corrected chi connectivity index (χ1v) is 21.2. The van der Waals surface area contributed by atoms with Crippen LogP contribution in [0.2, 0.25) is 10.0 Å². The van der Waals surface area contributed by atoms with Crippen molar-refractivity contribution in [3.8, 4) is 11.5 Å². The van der Waals surface area contributed by atoms with Gasteiger partial charge in [-0.25, -0.2) is 0 Å². The number of ether oxygens (including phenoxy) is 3. The summed E-state index contributed by atoms with van der Waals surface area (Å²) >= 11 is 12.5. The van der Waals surface area contributed by atoms with Crippen molar-refractivity contribution in [2.45, 2.75) is 66.6 Å². The van der Waals surface area contributed by atoms with Crippen molar-refractivity contribution in [3.63, 3.8) is 0 Å². The number of methoxy groups -OCH3 is 1. The van der Waals surface area contributed by atoms with E-state index < -0.39 is 16.8 Å². The molecule has 4 aliphatic rings. The zero-order valence-corrected chi connectivity index (χ0v) is 37.4. The maximum Gasteiger partial charge on any atom is 0.312 e. The lowest BCUT2D eigenvalue weighted by Gasteiger charge is -2.35. The topological polar surface area (TPSA) is 88.5 Å². The molecule has 4 aromatic rings. The molecule has 0 radical (unpaired) electrons. The number of halogens is 3. The summed E-state index contributed by atoms with van der Waals surface area (Å²) in [6, 6.07) is 28.6. The molecule has 0 aliphatic carbocycles. The second-order valence-electron chi connectivity index (χ2n) is 17.2. The highest BCUT2D eigenvalue weighted by Gasteiger charge is 2.34. The molecule has 8 nitrogen and oxygen atoms in total. The second kappa shape index (κ2) is 19.2. The standard InChI is InChI=1S/C25H28ClNO3.C24H26ClNO3.ClH/c1-25(2,24(28)29-3)16-27-12-10-17(11-13-27)23-20-9-8-19(26)14-18(20)15-30-22-7-5-4-6-21(22)23;1-24(2,23(27)28)15-26-11-9-16(10-12-26)22-19-8-7-18(25)13-17(19)14-29-21-6-4-3-5-20(21)22;/h4-9,14H,10-13,15-16H2,1-3H3;3-8,13H,9-12,14-15H2,1-2H3,(H,27,28);1H. The van der Waals surface area contributed by atoms with Crippen molar-refractivity contribution in [3.05, 3.63) is 140 Å². The number of hydrogen-bond acceptors (Lipinski definition) is 7. The Kier molecular flexibility index (Phi) is 14.4. The fourth-order valence-electron chi connectivity index (χ4n) is 8.80. The van der Waals surface area contributed by atoms with Gasteiger partial charge in [0.1, 0.15) is 24.7 Å². The van der Waals surface area contributed by atoms with Crippen LogP contribution in [-0.4, -0.2) is 73.2 Å². The molecule has 8 rings (SSSR count). The molecule has 318 valence electrons. The summed E-state index contributed by atoms with van der Waals surface area (Å²) in [5.41, 5.74) is 11.0. The predicted molar refractivity (Wildman–Crippen MR) is 242 cm³/mol. The number of benzene rings is 4. The molecule has 4 aromatic carbocycles. The molecule has 0 bridgehead atoms. The van der Waals surface area contributed by atoms with Crippen LogP contribution in [0, 0.1) is 10.8 Å². The number of carbonyl (C=O) groups excluding carboxylic acids is 1. The van der Waals surface area contributed by atoms with Gasteiger partial charge in [0.15, 0.2) is 0 Å². The number of likely N-dealkylation sites (tertiary alicyclic amines) is 2. The number of carboxylic acid groups (broad SMARTS) is 1. The molecule has 4 heterocycles. The Balaban J connectivity index is 0.000000198. The number of para-hydroxylation sites is 2. The Morgan fingerprint density at radius 2 is 1.03 bits per heavy atom. The zero-order valence-electron chi connectivity index (χ0n) is 35.1. The van der Waals surface area contributed by atoms with E-state index in [0.29, 0.717) is 31.3 Å². The maximum atomic E-state index is 12.1. The molecule has 60 heavy (non-hydrogen) atoms. The molecule has 0 spiro atoms. The van der Waals surface area contributed by atoms with Crippen LogP contribution in [0.25, 0.3) is 11.1 Å². The van der Waals surface area contributed by atoms with Gasteiger partial charge in [-0.15, -0.1) is 12.4 Å². The van der Waals surface area contributed by atoms with E-state index in [1.165, 1.54) is 40.5 Å². The van der Waals surface area contributed by atoms with Crippen LogP contribution in [0.3, 0.4) is 0 Å². The van der Waals surface area contributed by atoms with Gasteiger partial charge < -0.3 is 29.1 Å². The Labute approximate surface area is 370 Å². The van der Waals surface area contributed by atoms with Crippen LogP contribution < -0.4 is 9.47 Å². The summed E-state index contributed by atoms with van der Waals surface area (Å²) in [5, 5.41) is 10.9. The van der Waals surface area contributed by atoms with Crippen molar-refractivity contribution in [2.75, 3.05) is 46.4 Å². The van der Waals surface area contributed by atoms with E-state index >= 15 is 0 Å². The fourth-order valence-corrected chi connectivity index (χ4v) is 9.19. The predicted octanol–water partition coefficient (Wildman–Crippen LogP) is 11.0. The molecule has 0 aromatic heterocycles. The van der Waals surface area contributed by atoms with Crippen molar-refractivity contribution in [2.24, 2.45) is 10.8 Å². The number of nitrogens with zero attached hydrogens (tertiary/aromatic N) is 2. The van der Waals surface area contributed by atoms with Gasteiger partial charge in [-0.05, 0) is 123 Å². The number of carboxylic acids is 1. The Bertz CT molecular complexity index is 2280. The minimum Gasteiger partial charge on any atom is -0.488 e. The van der Waals surface area contributed by atoms with E-state index in [2.05, 4.69) is 40.1 Å². The minimum atomic E-state index is -0.748. The highest BCUT2D eigenvalue weighted by atomic mass is 35.5. The Morgan fingerprint density at radius 3 is 1.43 bits per heavy atom. The summed E-state index contributed by atoms with van der Waals surface area (Å²) in [6.45, 7) is 13.3. The summed E-state index contributed by atoms with van der Waals surface area (Å²) in [6.07, 6.45) is 3.76. The lowest BCUT2D eigenvalue weighted by Crippen LogP contribution is -2.42. The average Bonchev–Trinajstić information content (AvgIpc) is 3.49. The molecule has 2 fully saturated rings. The number of piperidine rings is 2. The summed E-state index contributed by atoms with van der Waals surface area (Å²) in [5.74, 6) is 0.910. The SMILES string of the molecule is CC(C)(CN1CCC(=C2c3ccc(Cl)cc3COc3ccccc32)CC1)C(=O)O.COC(=O)C(C)(C)CN1CCC(=C2c3ccc(Cl)cc3COc3ccccc32)CC1.Cl. The minimum absolute atomic E-state index is 0. The quantitative estimate of drug-likeness (QED) is 0.192. The summed E-state index contributed by atoms with van der Waals surface area (Å²) in [4.78, 5) is 28.2. The van der Waals surface area contributed by atoms with Crippen LogP contribution >= 0.6 is 35.6 Å². The molecule has 0 amide bonds. The molecular formula is C49H55Cl3N2O6. The van der Waals surface area contributed by atoms with Crippen molar-refractivity contribution >= 4 is 58.7 Å². The van der Waals surface area contributed by atoms with E-state index in [4.69, 9.17) is 37.4 Å². The van der Waals surface area contributed by atoms with Crippen LogP contribution in [0.1, 0.15) is 86.8 Å². The third-order valence-electron chi connectivity index (χ3n) is 11.9. The van der Waals surface area contributed by atoms with E-state index in [-0.39, 0.29) is 18.4 Å². The molecule has 0 saturated carbocycles. The van der Waals surface area contributed by atoms with Gasteiger partial charge in [-0.2, -0.15) is 0 Å². The van der Waals surface area contributed by atoms with E-state index in [1.54, 1.807) is 13.8 Å². The molecule has 0 atom stereocenters. The lowest BCUT2D eigenvalue weighted by molar-refractivity contribution is -0.152. The van der Waals surface area contributed by atoms with Gasteiger partial charge in [-0.1, -0.05) is 82.9 Å². The lowest BCUT2D eigenvalue weighted by atomic mass is 9.85. The van der Waals surface area contributed by atoms with Gasteiger partial charge >= 0.3 is 11.9 Å².